The molecule has 0 bridgehead atoms. The van der Waals surface area contributed by atoms with Gasteiger partial charge in [0.25, 0.3) is 0 Å². The summed E-state index contributed by atoms with van der Waals surface area (Å²) in [4.78, 5) is 12.0. The van der Waals surface area contributed by atoms with E-state index in [4.69, 9.17) is 9.47 Å². The summed E-state index contributed by atoms with van der Waals surface area (Å²) in [6.45, 7) is 1.52. The van der Waals surface area contributed by atoms with Crippen LogP contribution in [0.3, 0.4) is 0 Å². The summed E-state index contributed by atoms with van der Waals surface area (Å²) < 4.78 is 10.4. The summed E-state index contributed by atoms with van der Waals surface area (Å²) in [5, 5.41) is 16.0. The number of nitrogens with one attached hydrogen (secondary N) is 2. The number of carbonyl (C=O) groups excluding carboxylic acids is 1. The molecule has 0 unspecified atom stereocenters. The zero-order valence-electron chi connectivity index (χ0n) is 15.2. The average molecular weight is 358 g/mol. The molecule has 0 aliphatic rings. The number of benzene rings is 2. The van der Waals surface area contributed by atoms with Gasteiger partial charge in [-0.05, 0) is 23.3 Å². The fraction of sp³-hybridized carbons (Fsp3) is 0.350. The fourth-order valence-corrected chi connectivity index (χ4v) is 2.56. The van der Waals surface area contributed by atoms with Gasteiger partial charge >= 0.3 is 0 Å². The van der Waals surface area contributed by atoms with Crippen molar-refractivity contribution >= 4 is 5.91 Å². The van der Waals surface area contributed by atoms with Crippen molar-refractivity contribution < 1.29 is 19.4 Å². The first-order valence-electron chi connectivity index (χ1n) is 8.55. The Morgan fingerprint density at radius 1 is 1.04 bits per heavy atom. The van der Waals surface area contributed by atoms with Crippen molar-refractivity contribution in [3.63, 3.8) is 0 Å². The van der Waals surface area contributed by atoms with Gasteiger partial charge in [-0.3, -0.25) is 4.79 Å². The number of aliphatic hydroxyl groups excluding tert-OH is 1. The van der Waals surface area contributed by atoms with Crippen LogP contribution >= 0.6 is 0 Å². The lowest BCUT2D eigenvalue weighted by Crippen LogP contribution is -2.34. The van der Waals surface area contributed by atoms with Gasteiger partial charge in [-0.1, -0.05) is 36.4 Å². The third-order valence-corrected chi connectivity index (χ3v) is 3.96. The van der Waals surface area contributed by atoms with Crippen molar-refractivity contribution in [1.29, 1.82) is 0 Å². The minimum absolute atomic E-state index is 0.0670. The van der Waals surface area contributed by atoms with E-state index in [9.17, 15) is 9.90 Å². The normalized spacial score (nSPS) is 11.7. The van der Waals surface area contributed by atoms with Crippen molar-refractivity contribution in [1.82, 2.24) is 10.6 Å². The lowest BCUT2D eigenvalue weighted by molar-refractivity contribution is -0.120. The van der Waals surface area contributed by atoms with E-state index in [0.29, 0.717) is 31.1 Å². The molecule has 0 radical (unpaired) electrons. The minimum Gasteiger partial charge on any atom is -0.493 e. The molecule has 3 N–H and O–H groups in total. The van der Waals surface area contributed by atoms with Gasteiger partial charge in [0.1, 0.15) is 0 Å². The molecule has 26 heavy (non-hydrogen) atoms. The summed E-state index contributed by atoms with van der Waals surface area (Å²) in [6.07, 6.45) is -0.286. The van der Waals surface area contributed by atoms with Gasteiger partial charge in [0.05, 0.1) is 26.7 Å². The third-order valence-electron chi connectivity index (χ3n) is 3.96. The second-order valence-electron chi connectivity index (χ2n) is 5.85. The highest BCUT2D eigenvalue weighted by atomic mass is 16.5. The van der Waals surface area contributed by atoms with Crippen LogP contribution in [-0.2, 0) is 11.2 Å². The molecule has 1 amide bonds. The Kier molecular flexibility index (Phi) is 7.92. The second kappa shape index (κ2) is 10.4. The van der Waals surface area contributed by atoms with Crippen LogP contribution in [0.1, 0.15) is 17.2 Å². The molecular formula is C20H26N2O4. The van der Waals surface area contributed by atoms with Crippen LogP contribution in [0.4, 0.5) is 0 Å². The largest absolute Gasteiger partial charge is 0.493 e. The predicted molar refractivity (Wildman–Crippen MR) is 101 cm³/mol. The highest BCUT2D eigenvalue weighted by molar-refractivity contribution is 5.78. The Balaban J connectivity index is 1.67. The molecule has 6 heteroatoms. The maximum absolute atomic E-state index is 12.0. The van der Waals surface area contributed by atoms with Gasteiger partial charge in [-0.2, -0.15) is 0 Å². The van der Waals surface area contributed by atoms with E-state index in [0.717, 1.165) is 11.1 Å². The van der Waals surface area contributed by atoms with E-state index in [1.54, 1.807) is 26.4 Å². The number of carbonyl (C=O) groups is 1. The minimum atomic E-state index is -0.557. The summed E-state index contributed by atoms with van der Waals surface area (Å²) in [7, 11) is 3.14. The first-order chi connectivity index (χ1) is 12.6. The standard InChI is InChI=1S/C20H26N2O4/c1-25-18-9-8-15(12-19(18)26-2)13-20(24)22-11-10-21-14-17(23)16-6-4-3-5-7-16/h3-9,12,17,21,23H,10-11,13-14H2,1-2H3,(H,22,24)/t17-/m0/s1. The van der Waals surface area contributed by atoms with Crippen LogP contribution in [-0.4, -0.2) is 44.9 Å². The smallest absolute Gasteiger partial charge is 0.224 e. The molecule has 0 aliphatic carbocycles. The summed E-state index contributed by atoms with van der Waals surface area (Å²) in [5.74, 6) is 1.18. The molecule has 1 atom stereocenters. The molecule has 2 aromatic carbocycles. The van der Waals surface area contributed by atoms with Gasteiger partial charge in [0.15, 0.2) is 11.5 Å². The fourth-order valence-electron chi connectivity index (χ4n) is 2.56. The molecule has 0 heterocycles. The Morgan fingerprint density at radius 3 is 2.46 bits per heavy atom. The van der Waals surface area contributed by atoms with E-state index >= 15 is 0 Å². The topological polar surface area (TPSA) is 79.8 Å². The molecule has 0 spiro atoms. The summed E-state index contributed by atoms with van der Waals surface area (Å²) >= 11 is 0. The first kappa shape index (κ1) is 19.8. The van der Waals surface area contributed by atoms with Gasteiger partial charge in [-0.25, -0.2) is 0 Å². The highest BCUT2D eigenvalue weighted by Gasteiger charge is 2.09. The van der Waals surface area contributed by atoms with E-state index in [1.165, 1.54) is 0 Å². The quantitative estimate of drug-likeness (QED) is 0.563. The maximum atomic E-state index is 12.0. The number of rotatable bonds is 10. The number of methoxy groups -OCH3 is 2. The molecule has 140 valence electrons. The molecule has 0 saturated carbocycles. The maximum Gasteiger partial charge on any atom is 0.224 e. The molecule has 0 aromatic heterocycles. The highest BCUT2D eigenvalue weighted by Crippen LogP contribution is 2.27. The zero-order chi connectivity index (χ0) is 18.8. The number of amides is 1. The Labute approximate surface area is 154 Å². The van der Waals surface area contributed by atoms with Gasteiger partial charge in [-0.15, -0.1) is 0 Å². The summed E-state index contributed by atoms with van der Waals surface area (Å²) in [5.41, 5.74) is 1.73. The van der Waals surface area contributed by atoms with Crippen molar-refractivity contribution in [2.75, 3.05) is 33.9 Å². The van der Waals surface area contributed by atoms with Crippen LogP contribution in [0.15, 0.2) is 48.5 Å². The van der Waals surface area contributed by atoms with Crippen LogP contribution in [0, 0.1) is 0 Å². The number of ether oxygens (including phenoxy) is 2. The van der Waals surface area contributed by atoms with Crippen LogP contribution in [0.5, 0.6) is 11.5 Å². The first-order valence-corrected chi connectivity index (χ1v) is 8.55. The predicted octanol–water partition coefficient (Wildman–Crippen LogP) is 1.69. The van der Waals surface area contributed by atoms with Gasteiger partial charge < -0.3 is 25.2 Å². The second-order valence-corrected chi connectivity index (χ2v) is 5.85. The molecule has 0 fully saturated rings. The van der Waals surface area contributed by atoms with Gasteiger partial charge in [0.2, 0.25) is 5.91 Å². The van der Waals surface area contributed by atoms with Crippen LogP contribution in [0.25, 0.3) is 0 Å². The number of aliphatic hydroxyl groups is 1. The molecular weight excluding hydrogens is 332 g/mol. The Morgan fingerprint density at radius 2 is 1.77 bits per heavy atom. The van der Waals surface area contributed by atoms with Crippen LogP contribution in [0.2, 0.25) is 0 Å². The molecule has 0 aliphatic heterocycles. The van der Waals surface area contributed by atoms with Crippen molar-refractivity contribution in [2.45, 2.75) is 12.5 Å². The van der Waals surface area contributed by atoms with Crippen molar-refractivity contribution in [2.24, 2.45) is 0 Å². The van der Waals surface area contributed by atoms with Crippen molar-refractivity contribution in [3.8, 4) is 11.5 Å². The lowest BCUT2D eigenvalue weighted by Gasteiger charge is -2.13. The van der Waals surface area contributed by atoms with Crippen LogP contribution < -0.4 is 20.1 Å². The number of hydrogen-bond donors (Lipinski definition) is 3. The number of hydrogen-bond acceptors (Lipinski definition) is 5. The third kappa shape index (κ3) is 6.06. The molecule has 0 saturated heterocycles. The molecule has 6 nitrogen and oxygen atoms in total. The van der Waals surface area contributed by atoms with E-state index < -0.39 is 6.10 Å². The average Bonchev–Trinajstić information content (AvgIpc) is 2.68. The van der Waals surface area contributed by atoms with E-state index in [-0.39, 0.29) is 12.3 Å². The van der Waals surface area contributed by atoms with Gasteiger partial charge in [0, 0.05) is 19.6 Å². The molecule has 2 rings (SSSR count). The monoisotopic (exact) mass is 358 g/mol. The zero-order valence-corrected chi connectivity index (χ0v) is 15.2. The summed E-state index contributed by atoms with van der Waals surface area (Å²) in [6, 6.07) is 14.9. The SMILES string of the molecule is COc1ccc(CC(=O)NCCNC[C@H](O)c2ccccc2)cc1OC. The van der Waals surface area contributed by atoms with E-state index in [2.05, 4.69) is 10.6 Å². The Hall–Kier alpha value is -2.57. The molecule has 2 aromatic rings. The lowest BCUT2D eigenvalue weighted by atomic mass is 10.1. The van der Waals surface area contributed by atoms with Crippen molar-refractivity contribution in [3.05, 3.63) is 59.7 Å². The van der Waals surface area contributed by atoms with E-state index in [1.807, 2.05) is 36.4 Å². The Bertz CT molecular complexity index is 691.